The first kappa shape index (κ1) is 16.3. The van der Waals surface area contributed by atoms with E-state index in [9.17, 15) is 4.79 Å². The topological polar surface area (TPSA) is 73.6 Å². The standard InChI is InChI=1S/C19H22N2O3/c1-13-11-16(21-19(22)14-3-2-4-15(20)12-14)5-6-18(13)24-17-7-9-23-10-8-17/h2-6,11-12,17H,7-10,20H2,1H3,(H,21,22). The number of carbonyl (C=O) groups excluding carboxylic acids is 1. The molecule has 1 aliphatic heterocycles. The van der Waals surface area contributed by atoms with Gasteiger partial charge in [-0.3, -0.25) is 4.79 Å². The van der Waals surface area contributed by atoms with Crippen molar-refractivity contribution in [1.29, 1.82) is 0 Å². The molecule has 0 saturated carbocycles. The van der Waals surface area contributed by atoms with Gasteiger partial charge < -0.3 is 20.5 Å². The lowest BCUT2D eigenvalue weighted by Crippen LogP contribution is -2.26. The van der Waals surface area contributed by atoms with Gasteiger partial charge in [0.1, 0.15) is 11.9 Å². The third-order valence-electron chi connectivity index (χ3n) is 4.04. The Balaban J connectivity index is 1.66. The maximum atomic E-state index is 12.3. The summed E-state index contributed by atoms with van der Waals surface area (Å²) >= 11 is 0. The molecule has 5 nitrogen and oxygen atoms in total. The fraction of sp³-hybridized carbons (Fsp3) is 0.316. The monoisotopic (exact) mass is 326 g/mol. The van der Waals surface area contributed by atoms with E-state index in [-0.39, 0.29) is 12.0 Å². The van der Waals surface area contributed by atoms with Crippen molar-refractivity contribution < 1.29 is 14.3 Å². The van der Waals surface area contributed by atoms with Crippen LogP contribution in [0, 0.1) is 6.92 Å². The number of carbonyl (C=O) groups is 1. The van der Waals surface area contributed by atoms with Crippen LogP contribution in [0.1, 0.15) is 28.8 Å². The summed E-state index contributed by atoms with van der Waals surface area (Å²) in [5.41, 5.74) is 8.55. The van der Waals surface area contributed by atoms with E-state index in [1.165, 1.54) is 0 Å². The first-order chi connectivity index (χ1) is 11.6. The van der Waals surface area contributed by atoms with Crippen LogP contribution in [0.25, 0.3) is 0 Å². The van der Waals surface area contributed by atoms with Gasteiger partial charge in [-0.05, 0) is 48.9 Å². The zero-order valence-corrected chi connectivity index (χ0v) is 13.7. The van der Waals surface area contributed by atoms with E-state index in [0.29, 0.717) is 11.3 Å². The summed E-state index contributed by atoms with van der Waals surface area (Å²) in [6.07, 6.45) is 2.02. The van der Waals surface area contributed by atoms with Crippen molar-refractivity contribution in [3.63, 3.8) is 0 Å². The largest absolute Gasteiger partial charge is 0.490 e. The average molecular weight is 326 g/mol. The van der Waals surface area contributed by atoms with Gasteiger partial charge in [0.05, 0.1) is 13.2 Å². The number of amides is 1. The van der Waals surface area contributed by atoms with Crippen LogP contribution in [0.15, 0.2) is 42.5 Å². The van der Waals surface area contributed by atoms with Crippen LogP contribution in [-0.2, 0) is 4.74 Å². The van der Waals surface area contributed by atoms with Gasteiger partial charge in [-0.2, -0.15) is 0 Å². The Morgan fingerprint density at radius 2 is 2.00 bits per heavy atom. The average Bonchev–Trinajstić information content (AvgIpc) is 2.58. The molecule has 0 unspecified atom stereocenters. The zero-order chi connectivity index (χ0) is 16.9. The molecule has 1 aliphatic rings. The minimum Gasteiger partial charge on any atom is -0.490 e. The van der Waals surface area contributed by atoms with Crippen LogP contribution >= 0.6 is 0 Å². The molecule has 1 amide bonds. The van der Waals surface area contributed by atoms with E-state index in [0.717, 1.165) is 43.1 Å². The Bertz CT molecular complexity index is 724. The minimum atomic E-state index is -0.181. The molecule has 0 radical (unpaired) electrons. The Morgan fingerprint density at radius 1 is 1.21 bits per heavy atom. The van der Waals surface area contributed by atoms with Crippen LogP contribution in [0.4, 0.5) is 11.4 Å². The van der Waals surface area contributed by atoms with Crippen molar-refractivity contribution in [2.24, 2.45) is 0 Å². The van der Waals surface area contributed by atoms with E-state index in [4.69, 9.17) is 15.2 Å². The molecule has 0 atom stereocenters. The smallest absolute Gasteiger partial charge is 0.255 e. The van der Waals surface area contributed by atoms with Gasteiger partial charge in [-0.25, -0.2) is 0 Å². The third kappa shape index (κ3) is 4.06. The number of rotatable bonds is 4. The molecule has 1 heterocycles. The Kier molecular flexibility index (Phi) is 5.01. The van der Waals surface area contributed by atoms with Gasteiger partial charge >= 0.3 is 0 Å². The van der Waals surface area contributed by atoms with Crippen LogP contribution in [-0.4, -0.2) is 25.2 Å². The number of anilines is 2. The zero-order valence-electron chi connectivity index (χ0n) is 13.7. The quantitative estimate of drug-likeness (QED) is 0.845. The Labute approximate surface area is 141 Å². The Morgan fingerprint density at radius 3 is 2.71 bits per heavy atom. The number of benzene rings is 2. The number of ether oxygens (including phenoxy) is 2. The van der Waals surface area contributed by atoms with Gasteiger partial charge in [0.25, 0.3) is 5.91 Å². The number of aryl methyl sites for hydroxylation is 1. The summed E-state index contributed by atoms with van der Waals surface area (Å²) in [6.45, 7) is 3.47. The van der Waals surface area contributed by atoms with Crippen LogP contribution in [0.2, 0.25) is 0 Å². The first-order valence-electron chi connectivity index (χ1n) is 8.14. The maximum absolute atomic E-state index is 12.3. The lowest BCUT2D eigenvalue weighted by Gasteiger charge is -2.24. The molecule has 3 N–H and O–H groups in total. The van der Waals surface area contributed by atoms with Gasteiger partial charge in [0.15, 0.2) is 0 Å². The summed E-state index contributed by atoms with van der Waals surface area (Å²) in [5.74, 6) is 0.670. The fourth-order valence-corrected chi connectivity index (χ4v) is 2.72. The molecule has 24 heavy (non-hydrogen) atoms. The minimum absolute atomic E-state index is 0.181. The third-order valence-corrected chi connectivity index (χ3v) is 4.04. The van der Waals surface area contributed by atoms with E-state index >= 15 is 0 Å². The van der Waals surface area contributed by atoms with Crippen molar-refractivity contribution in [3.8, 4) is 5.75 Å². The van der Waals surface area contributed by atoms with E-state index in [1.54, 1.807) is 24.3 Å². The van der Waals surface area contributed by atoms with Crippen LogP contribution < -0.4 is 15.8 Å². The molecule has 2 aromatic rings. The molecule has 0 aliphatic carbocycles. The van der Waals surface area contributed by atoms with Gasteiger partial charge in [0.2, 0.25) is 0 Å². The van der Waals surface area contributed by atoms with Gasteiger partial charge in [0, 0.05) is 29.8 Å². The lowest BCUT2D eigenvalue weighted by atomic mass is 10.1. The molecule has 1 saturated heterocycles. The molecule has 0 bridgehead atoms. The van der Waals surface area contributed by atoms with Crippen LogP contribution in [0.5, 0.6) is 5.75 Å². The summed E-state index contributed by atoms with van der Waals surface area (Å²) in [7, 11) is 0. The number of nitrogen functional groups attached to an aromatic ring is 1. The number of hydrogen-bond donors (Lipinski definition) is 2. The normalized spacial score (nSPS) is 15.0. The van der Waals surface area contributed by atoms with E-state index in [1.807, 2.05) is 25.1 Å². The van der Waals surface area contributed by atoms with Crippen molar-refractivity contribution in [3.05, 3.63) is 53.6 Å². The number of nitrogens with two attached hydrogens (primary N) is 1. The molecule has 0 spiro atoms. The lowest BCUT2D eigenvalue weighted by molar-refractivity contribution is 0.0253. The number of nitrogens with one attached hydrogen (secondary N) is 1. The Hall–Kier alpha value is -2.53. The summed E-state index contributed by atoms with van der Waals surface area (Å²) < 4.78 is 11.4. The highest BCUT2D eigenvalue weighted by atomic mass is 16.5. The fourth-order valence-electron chi connectivity index (χ4n) is 2.72. The summed E-state index contributed by atoms with van der Waals surface area (Å²) in [4.78, 5) is 12.3. The summed E-state index contributed by atoms with van der Waals surface area (Å²) in [6, 6.07) is 12.6. The SMILES string of the molecule is Cc1cc(NC(=O)c2cccc(N)c2)ccc1OC1CCOCC1. The molecule has 1 fully saturated rings. The van der Waals surface area contributed by atoms with Crippen molar-refractivity contribution in [1.82, 2.24) is 0 Å². The van der Waals surface area contributed by atoms with E-state index < -0.39 is 0 Å². The second kappa shape index (κ2) is 7.36. The van der Waals surface area contributed by atoms with Gasteiger partial charge in [-0.1, -0.05) is 6.07 Å². The molecule has 2 aromatic carbocycles. The molecule has 0 aromatic heterocycles. The highest BCUT2D eigenvalue weighted by Gasteiger charge is 2.16. The maximum Gasteiger partial charge on any atom is 0.255 e. The van der Waals surface area contributed by atoms with E-state index in [2.05, 4.69) is 5.32 Å². The molecule has 5 heteroatoms. The van der Waals surface area contributed by atoms with Crippen molar-refractivity contribution in [2.75, 3.05) is 24.3 Å². The highest BCUT2D eigenvalue weighted by Crippen LogP contribution is 2.25. The van der Waals surface area contributed by atoms with Gasteiger partial charge in [-0.15, -0.1) is 0 Å². The number of hydrogen-bond acceptors (Lipinski definition) is 4. The molecular formula is C19H22N2O3. The molecular weight excluding hydrogens is 304 g/mol. The predicted molar refractivity (Wildman–Crippen MR) is 94.5 cm³/mol. The van der Waals surface area contributed by atoms with Crippen LogP contribution in [0.3, 0.4) is 0 Å². The second-order valence-corrected chi connectivity index (χ2v) is 5.99. The second-order valence-electron chi connectivity index (χ2n) is 5.99. The first-order valence-corrected chi connectivity index (χ1v) is 8.14. The summed E-state index contributed by atoms with van der Waals surface area (Å²) in [5, 5.41) is 2.89. The highest BCUT2D eigenvalue weighted by molar-refractivity contribution is 6.04. The predicted octanol–water partition coefficient (Wildman–Crippen LogP) is 3.39. The molecule has 3 rings (SSSR count). The van der Waals surface area contributed by atoms with Crippen molar-refractivity contribution in [2.45, 2.75) is 25.9 Å². The van der Waals surface area contributed by atoms with Crippen molar-refractivity contribution >= 4 is 17.3 Å². The molecule has 126 valence electrons.